The van der Waals surface area contributed by atoms with Gasteiger partial charge in [0.15, 0.2) is 0 Å². The van der Waals surface area contributed by atoms with Crippen LogP contribution >= 0.6 is 15.9 Å². The highest BCUT2D eigenvalue weighted by Gasteiger charge is 1.84. The summed E-state index contributed by atoms with van der Waals surface area (Å²) in [7, 11) is 0. The first-order valence-electron chi connectivity index (χ1n) is 2.69. The van der Waals surface area contributed by atoms with Gasteiger partial charge in [0.1, 0.15) is 5.82 Å². The Balaban J connectivity index is 0.000000292. The van der Waals surface area contributed by atoms with Crippen LogP contribution in [0.15, 0.2) is 28.7 Å². The van der Waals surface area contributed by atoms with Gasteiger partial charge < -0.3 is 5.11 Å². The van der Waals surface area contributed by atoms with Gasteiger partial charge in [0, 0.05) is 4.47 Å². The number of carbonyl (C=O) groups is 1. The van der Waals surface area contributed by atoms with E-state index in [1.165, 1.54) is 12.1 Å². The lowest BCUT2D eigenvalue weighted by atomic mass is 10.4. The molecule has 0 amide bonds. The van der Waals surface area contributed by atoms with Crippen LogP contribution < -0.4 is 0 Å². The Morgan fingerprint density at radius 3 is 2.00 bits per heavy atom. The summed E-state index contributed by atoms with van der Waals surface area (Å²) < 4.78 is 13.0. The van der Waals surface area contributed by atoms with Crippen LogP contribution in [0.4, 0.5) is 4.39 Å². The fourth-order valence-electron chi connectivity index (χ4n) is 0.430. The third kappa shape index (κ3) is 5.54. The summed E-state index contributed by atoms with van der Waals surface area (Å²) >= 11 is 3.18. The van der Waals surface area contributed by atoms with Gasteiger partial charge in [-0.15, -0.1) is 0 Å². The van der Waals surface area contributed by atoms with Crippen LogP contribution in [0.2, 0.25) is 0 Å². The quantitative estimate of drug-likeness (QED) is 0.682. The molecule has 0 heterocycles. The molecule has 0 radical (unpaired) electrons. The Labute approximate surface area is 71.8 Å². The Hall–Kier alpha value is -0.900. The highest BCUT2D eigenvalue weighted by Crippen LogP contribution is 2.08. The molecule has 0 unspecified atom stereocenters. The molecular weight excluding hydrogens is 215 g/mol. The summed E-state index contributed by atoms with van der Waals surface area (Å²) in [6.45, 7) is -0.250. The van der Waals surface area contributed by atoms with Crippen molar-refractivity contribution in [2.24, 2.45) is 0 Å². The Morgan fingerprint density at radius 2 is 1.73 bits per heavy atom. The van der Waals surface area contributed by atoms with Gasteiger partial charge in [-0.2, -0.15) is 0 Å². The number of hydrogen-bond donors (Lipinski definition) is 1. The second kappa shape index (κ2) is 5.85. The monoisotopic (exact) mass is 220 g/mol. The first-order valence-corrected chi connectivity index (χ1v) is 3.49. The van der Waals surface area contributed by atoms with Crippen molar-refractivity contribution in [3.8, 4) is 0 Å². The lowest BCUT2D eigenvalue weighted by molar-refractivity contribution is -0.122. The molecule has 2 nitrogen and oxygen atoms in total. The number of rotatable bonds is 0. The van der Waals surface area contributed by atoms with Crippen molar-refractivity contribution in [3.63, 3.8) is 0 Å². The van der Waals surface area contributed by atoms with Gasteiger partial charge in [0.2, 0.25) is 0 Å². The average Bonchev–Trinajstić information content (AvgIpc) is 1.97. The van der Waals surface area contributed by atoms with Gasteiger partial charge in [-0.1, -0.05) is 15.9 Å². The van der Waals surface area contributed by atoms with E-state index in [0.717, 1.165) is 4.47 Å². The van der Waals surface area contributed by atoms with Crippen LogP contribution in [0, 0.1) is 5.82 Å². The minimum atomic E-state index is -0.250. The van der Waals surface area contributed by atoms with E-state index in [4.69, 9.17) is 9.90 Å². The summed E-state index contributed by atoms with van der Waals surface area (Å²) in [6.07, 6.45) is 0. The highest BCUT2D eigenvalue weighted by molar-refractivity contribution is 9.10. The van der Waals surface area contributed by atoms with E-state index in [1.807, 2.05) is 0 Å². The van der Waals surface area contributed by atoms with Gasteiger partial charge >= 0.3 is 0 Å². The summed E-state index contributed by atoms with van der Waals surface area (Å²) in [5.74, 6) is -0.201. The Morgan fingerprint density at radius 1 is 1.36 bits per heavy atom. The zero-order valence-electron chi connectivity index (χ0n) is 5.50. The molecule has 4 heteroatoms. The van der Waals surface area contributed by atoms with Crippen molar-refractivity contribution in [1.82, 2.24) is 0 Å². The predicted molar refractivity (Wildman–Crippen MR) is 42.8 cm³/mol. The van der Waals surface area contributed by atoms with Crippen LogP contribution in [0.5, 0.6) is 0 Å². The maximum atomic E-state index is 12.1. The van der Waals surface area contributed by atoms with Crippen LogP contribution in [0.25, 0.3) is 0 Å². The minimum absolute atomic E-state index is 0.201. The minimum Gasteiger partial charge on any atom is -0.483 e. The molecule has 0 bridgehead atoms. The summed E-state index contributed by atoms with van der Waals surface area (Å²) in [5.41, 5.74) is 0. The van der Waals surface area contributed by atoms with Crippen molar-refractivity contribution < 1.29 is 14.3 Å². The normalized spacial score (nSPS) is 7.82. The summed E-state index contributed by atoms with van der Waals surface area (Å²) in [4.78, 5) is 8.36. The van der Waals surface area contributed by atoms with Crippen molar-refractivity contribution in [2.75, 3.05) is 0 Å². The first kappa shape index (κ1) is 10.1. The van der Waals surface area contributed by atoms with Gasteiger partial charge in [0.05, 0.1) is 0 Å². The topological polar surface area (TPSA) is 37.3 Å². The molecule has 0 aromatic heterocycles. The molecule has 0 spiro atoms. The third-order valence-electron chi connectivity index (χ3n) is 0.804. The third-order valence-corrected chi connectivity index (χ3v) is 1.33. The van der Waals surface area contributed by atoms with E-state index in [-0.39, 0.29) is 12.3 Å². The maximum Gasteiger partial charge on any atom is 0.290 e. The van der Waals surface area contributed by atoms with Crippen molar-refractivity contribution in [3.05, 3.63) is 34.6 Å². The molecule has 0 saturated heterocycles. The molecule has 60 valence electrons. The van der Waals surface area contributed by atoms with Crippen LogP contribution in [0.3, 0.4) is 0 Å². The molecular formula is C7H6BrFO2. The molecule has 0 aliphatic heterocycles. The largest absolute Gasteiger partial charge is 0.483 e. The summed E-state index contributed by atoms with van der Waals surface area (Å²) in [5, 5.41) is 6.89. The molecule has 0 fully saturated rings. The second-order valence-electron chi connectivity index (χ2n) is 1.54. The van der Waals surface area contributed by atoms with E-state index in [1.54, 1.807) is 12.1 Å². The molecule has 1 aromatic rings. The standard InChI is InChI=1S/C6H4BrF.CH2O2/c7-5-1-3-6(8)4-2-5;2-1-3/h1-4H;1H,(H,2,3). The fourth-order valence-corrected chi connectivity index (χ4v) is 0.694. The molecule has 0 aliphatic carbocycles. The fraction of sp³-hybridized carbons (Fsp3) is 0. The number of hydrogen-bond acceptors (Lipinski definition) is 1. The molecule has 1 aromatic carbocycles. The van der Waals surface area contributed by atoms with E-state index < -0.39 is 0 Å². The Bertz CT molecular complexity index is 189. The van der Waals surface area contributed by atoms with Gasteiger partial charge in [0.25, 0.3) is 6.47 Å². The molecule has 0 atom stereocenters. The van der Waals surface area contributed by atoms with Gasteiger partial charge in [-0.25, -0.2) is 4.39 Å². The molecule has 0 saturated carbocycles. The molecule has 0 aliphatic rings. The molecule has 1 N–H and O–H groups in total. The zero-order valence-corrected chi connectivity index (χ0v) is 7.08. The van der Waals surface area contributed by atoms with Crippen LogP contribution in [-0.4, -0.2) is 11.6 Å². The van der Waals surface area contributed by atoms with Gasteiger partial charge in [-0.05, 0) is 24.3 Å². The maximum absolute atomic E-state index is 12.1. The summed E-state index contributed by atoms with van der Waals surface area (Å²) in [6, 6.07) is 6.14. The van der Waals surface area contributed by atoms with E-state index in [0.29, 0.717) is 0 Å². The first-order chi connectivity index (χ1) is 5.20. The van der Waals surface area contributed by atoms with E-state index >= 15 is 0 Å². The molecule has 1 rings (SSSR count). The van der Waals surface area contributed by atoms with Crippen molar-refractivity contribution in [1.29, 1.82) is 0 Å². The van der Waals surface area contributed by atoms with Crippen LogP contribution in [-0.2, 0) is 4.79 Å². The lowest BCUT2D eigenvalue weighted by Crippen LogP contribution is -1.67. The zero-order chi connectivity index (χ0) is 8.69. The van der Waals surface area contributed by atoms with Crippen LogP contribution in [0.1, 0.15) is 0 Å². The molecule has 11 heavy (non-hydrogen) atoms. The van der Waals surface area contributed by atoms with Gasteiger partial charge in [-0.3, -0.25) is 4.79 Å². The number of halogens is 2. The second-order valence-corrected chi connectivity index (χ2v) is 2.46. The van der Waals surface area contributed by atoms with Crippen molar-refractivity contribution >= 4 is 22.4 Å². The number of benzene rings is 1. The predicted octanol–water partition coefficient (Wildman–Crippen LogP) is 2.29. The smallest absolute Gasteiger partial charge is 0.290 e. The number of carboxylic acid groups (broad SMARTS) is 1. The average molecular weight is 221 g/mol. The van der Waals surface area contributed by atoms with E-state index in [9.17, 15) is 4.39 Å². The SMILES string of the molecule is Fc1ccc(Br)cc1.O=CO. The lowest BCUT2D eigenvalue weighted by Gasteiger charge is -1.85. The van der Waals surface area contributed by atoms with E-state index in [2.05, 4.69) is 15.9 Å². The van der Waals surface area contributed by atoms with Crippen molar-refractivity contribution in [2.45, 2.75) is 0 Å². The highest BCUT2D eigenvalue weighted by atomic mass is 79.9. The Kier molecular flexibility index (Phi) is 5.37.